The molecule has 1 aromatic heterocycles. The maximum atomic E-state index is 12.8. The highest BCUT2D eigenvalue weighted by Crippen LogP contribution is 2.40. The Morgan fingerprint density at radius 2 is 2.33 bits per heavy atom. The Bertz CT molecular complexity index is 531. The standard InChI is InChI=1S/C15H21N3O2S/c1-17-13(19)7-11(14(17)12-3-2-6-21-12)15(20)18-5-4-10(8-16)9-18/h2-3,6,10-11,14H,4-5,7-9,16H2,1H3/t10-,11+,14-/m1/s1. The Morgan fingerprint density at radius 3 is 2.95 bits per heavy atom. The Kier molecular flexibility index (Phi) is 3.99. The lowest BCUT2D eigenvalue weighted by Crippen LogP contribution is -2.37. The van der Waals surface area contributed by atoms with Gasteiger partial charge in [-0.2, -0.15) is 0 Å². The third-order valence-electron chi connectivity index (χ3n) is 4.67. The minimum absolute atomic E-state index is 0.0568. The summed E-state index contributed by atoms with van der Waals surface area (Å²) in [7, 11) is 1.80. The predicted molar refractivity (Wildman–Crippen MR) is 81.7 cm³/mol. The SMILES string of the molecule is CN1C(=O)C[C@H](C(=O)N2CC[C@H](CN)C2)[C@@H]1c1cccs1. The van der Waals surface area contributed by atoms with Crippen LogP contribution in [-0.4, -0.2) is 48.3 Å². The quantitative estimate of drug-likeness (QED) is 0.908. The van der Waals surface area contributed by atoms with Crippen molar-refractivity contribution in [2.75, 3.05) is 26.7 Å². The molecule has 2 N–H and O–H groups in total. The third kappa shape index (κ3) is 2.58. The van der Waals surface area contributed by atoms with E-state index >= 15 is 0 Å². The summed E-state index contributed by atoms with van der Waals surface area (Å²) in [5, 5.41) is 1.99. The molecule has 2 amide bonds. The summed E-state index contributed by atoms with van der Waals surface area (Å²) in [6, 6.07) is 3.87. The van der Waals surface area contributed by atoms with Gasteiger partial charge >= 0.3 is 0 Å². The van der Waals surface area contributed by atoms with E-state index in [1.807, 2.05) is 22.4 Å². The van der Waals surface area contributed by atoms with Crippen molar-refractivity contribution in [3.05, 3.63) is 22.4 Å². The van der Waals surface area contributed by atoms with E-state index in [2.05, 4.69) is 0 Å². The van der Waals surface area contributed by atoms with Crippen molar-refractivity contribution in [3.63, 3.8) is 0 Å². The highest BCUT2D eigenvalue weighted by atomic mass is 32.1. The molecule has 114 valence electrons. The Labute approximate surface area is 128 Å². The minimum atomic E-state index is -0.252. The van der Waals surface area contributed by atoms with Crippen LogP contribution in [0.15, 0.2) is 17.5 Å². The Balaban J connectivity index is 1.80. The molecule has 2 aliphatic rings. The van der Waals surface area contributed by atoms with Crippen molar-refractivity contribution in [1.29, 1.82) is 0 Å². The molecule has 2 saturated heterocycles. The Morgan fingerprint density at radius 1 is 1.52 bits per heavy atom. The second-order valence-corrected chi connectivity index (χ2v) is 6.93. The highest BCUT2D eigenvalue weighted by molar-refractivity contribution is 7.10. The van der Waals surface area contributed by atoms with Gasteiger partial charge in [0, 0.05) is 31.4 Å². The number of carbonyl (C=O) groups excluding carboxylic acids is 2. The van der Waals surface area contributed by atoms with Gasteiger partial charge in [0.2, 0.25) is 11.8 Å². The predicted octanol–water partition coefficient (Wildman–Crippen LogP) is 1.07. The molecule has 3 rings (SSSR count). The van der Waals surface area contributed by atoms with Crippen molar-refractivity contribution >= 4 is 23.2 Å². The molecule has 3 heterocycles. The van der Waals surface area contributed by atoms with Crippen molar-refractivity contribution in [1.82, 2.24) is 9.80 Å². The van der Waals surface area contributed by atoms with E-state index in [0.29, 0.717) is 18.9 Å². The maximum Gasteiger partial charge on any atom is 0.228 e. The summed E-state index contributed by atoms with van der Waals surface area (Å²) >= 11 is 1.61. The van der Waals surface area contributed by atoms with Crippen LogP contribution in [0.4, 0.5) is 0 Å². The lowest BCUT2D eigenvalue weighted by atomic mass is 9.97. The van der Waals surface area contributed by atoms with Crippen LogP contribution in [0, 0.1) is 11.8 Å². The van der Waals surface area contributed by atoms with Gasteiger partial charge in [-0.1, -0.05) is 6.07 Å². The van der Waals surface area contributed by atoms with Crippen molar-refractivity contribution < 1.29 is 9.59 Å². The van der Waals surface area contributed by atoms with Crippen LogP contribution in [0.3, 0.4) is 0 Å². The third-order valence-corrected chi connectivity index (χ3v) is 5.61. The fourth-order valence-electron chi connectivity index (χ4n) is 3.40. The van der Waals surface area contributed by atoms with Crippen LogP contribution in [0.25, 0.3) is 0 Å². The summed E-state index contributed by atoms with van der Waals surface area (Å²) in [5.41, 5.74) is 5.70. The topological polar surface area (TPSA) is 66.6 Å². The van der Waals surface area contributed by atoms with E-state index in [0.717, 1.165) is 24.4 Å². The van der Waals surface area contributed by atoms with Gasteiger partial charge in [0.1, 0.15) is 0 Å². The first-order chi connectivity index (χ1) is 10.1. The number of amides is 2. The average molecular weight is 307 g/mol. The first kappa shape index (κ1) is 14.5. The summed E-state index contributed by atoms with van der Waals surface area (Å²) in [6.07, 6.45) is 1.30. The molecule has 0 radical (unpaired) electrons. The van der Waals surface area contributed by atoms with Crippen LogP contribution < -0.4 is 5.73 Å². The maximum absolute atomic E-state index is 12.8. The number of rotatable bonds is 3. The van der Waals surface area contributed by atoms with Crippen LogP contribution in [-0.2, 0) is 9.59 Å². The lowest BCUT2D eigenvalue weighted by molar-refractivity contribution is -0.135. The summed E-state index contributed by atoms with van der Waals surface area (Å²) in [5.74, 6) is 0.324. The number of thiophene rings is 1. The number of likely N-dealkylation sites (tertiary alicyclic amines) is 2. The van der Waals surface area contributed by atoms with Gasteiger partial charge in [0.25, 0.3) is 0 Å². The van der Waals surface area contributed by atoms with E-state index in [1.165, 1.54) is 0 Å². The molecule has 0 unspecified atom stereocenters. The van der Waals surface area contributed by atoms with Gasteiger partial charge in [-0.05, 0) is 30.3 Å². The van der Waals surface area contributed by atoms with E-state index < -0.39 is 0 Å². The summed E-state index contributed by atoms with van der Waals surface area (Å²) < 4.78 is 0. The normalized spacial score (nSPS) is 29.4. The van der Waals surface area contributed by atoms with Crippen molar-refractivity contribution in [3.8, 4) is 0 Å². The lowest BCUT2D eigenvalue weighted by Gasteiger charge is -2.26. The molecule has 6 heteroatoms. The van der Waals surface area contributed by atoms with Crippen molar-refractivity contribution in [2.45, 2.75) is 18.9 Å². The highest BCUT2D eigenvalue weighted by Gasteiger charge is 2.45. The fraction of sp³-hybridized carbons (Fsp3) is 0.600. The molecular formula is C15H21N3O2S. The first-order valence-electron chi connectivity index (χ1n) is 7.39. The Hall–Kier alpha value is -1.40. The largest absolute Gasteiger partial charge is 0.342 e. The zero-order chi connectivity index (χ0) is 15.0. The van der Waals surface area contributed by atoms with E-state index in [4.69, 9.17) is 5.73 Å². The monoisotopic (exact) mass is 307 g/mol. The molecule has 1 aromatic rings. The molecule has 21 heavy (non-hydrogen) atoms. The molecule has 0 aromatic carbocycles. The number of hydrogen-bond acceptors (Lipinski definition) is 4. The average Bonchev–Trinajstić information content (AvgIpc) is 3.19. The summed E-state index contributed by atoms with van der Waals surface area (Å²) in [4.78, 5) is 29.6. The molecule has 0 bridgehead atoms. The first-order valence-corrected chi connectivity index (χ1v) is 8.27. The smallest absolute Gasteiger partial charge is 0.228 e. The van der Waals surface area contributed by atoms with Gasteiger partial charge in [-0.25, -0.2) is 0 Å². The molecular weight excluding hydrogens is 286 g/mol. The molecule has 0 aliphatic carbocycles. The minimum Gasteiger partial charge on any atom is -0.342 e. The molecule has 3 atom stereocenters. The zero-order valence-electron chi connectivity index (χ0n) is 12.2. The number of carbonyl (C=O) groups is 2. The zero-order valence-corrected chi connectivity index (χ0v) is 13.0. The second-order valence-electron chi connectivity index (χ2n) is 5.95. The van der Waals surface area contributed by atoms with Gasteiger partial charge in [0.15, 0.2) is 0 Å². The van der Waals surface area contributed by atoms with Gasteiger partial charge in [-0.3, -0.25) is 9.59 Å². The van der Waals surface area contributed by atoms with E-state index in [1.54, 1.807) is 23.3 Å². The molecule has 0 spiro atoms. The van der Waals surface area contributed by atoms with Gasteiger partial charge in [0.05, 0.1) is 12.0 Å². The second kappa shape index (κ2) is 5.77. The molecule has 2 fully saturated rings. The number of hydrogen-bond donors (Lipinski definition) is 1. The van der Waals surface area contributed by atoms with Crippen LogP contribution in [0.1, 0.15) is 23.8 Å². The van der Waals surface area contributed by atoms with Crippen LogP contribution in [0.2, 0.25) is 0 Å². The summed E-state index contributed by atoms with van der Waals surface area (Å²) in [6.45, 7) is 2.13. The van der Waals surface area contributed by atoms with Crippen molar-refractivity contribution in [2.24, 2.45) is 17.6 Å². The van der Waals surface area contributed by atoms with E-state index in [-0.39, 0.29) is 23.8 Å². The molecule has 0 saturated carbocycles. The van der Waals surface area contributed by atoms with Crippen LogP contribution in [0.5, 0.6) is 0 Å². The van der Waals surface area contributed by atoms with E-state index in [9.17, 15) is 9.59 Å². The fourth-order valence-corrected chi connectivity index (χ4v) is 4.33. The van der Waals surface area contributed by atoms with Crippen LogP contribution >= 0.6 is 11.3 Å². The number of nitrogens with zero attached hydrogens (tertiary/aromatic N) is 2. The van der Waals surface area contributed by atoms with Gasteiger partial charge < -0.3 is 15.5 Å². The molecule has 5 nitrogen and oxygen atoms in total. The van der Waals surface area contributed by atoms with Gasteiger partial charge in [-0.15, -0.1) is 11.3 Å². The molecule has 2 aliphatic heterocycles. The number of nitrogens with two attached hydrogens (primary N) is 1.